The summed E-state index contributed by atoms with van der Waals surface area (Å²) >= 11 is 12.6. The quantitative estimate of drug-likeness (QED) is 0.716. The van der Waals surface area contributed by atoms with Crippen LogP contribution in [-0.4, -0.2) is 37.0 Å². The Labute approximate surface area is 174 Å². The number of methoxy groups -OCH3 is 1. The third-order valence-corrected chi connectivity index (χ3v) is 5.62. The van der Waals surface area contributed by atoms with E-state index in [9.17, 15) is 9.59 Å². The minimum absolute atomic E-state index is 0.105. The number of nitrogens with one attached hydrogen (secondary N) is 1. The van der Waals surface area contributed by atoms with E-state index in [-0.39, 0.29) is 11.8 Å². The van der Waals surface area contributed by atoms with Crippen molar-refractivity contribution in [2.45, 2.75) is 19.4 Å². The molecule has 0 spiro atoms. The van der Waals surface area contributed by atoms with Gasteiger partial charge in [-0.2, -0.15) is 0 Å². The van der Waals surface area contributed by atoms with Crippen LogP contribution >= 0.6 is 23.2 Å². The number of anilines is 1. The van der Waals surface area contributed by atoms with Crippen LogP contribution in [0.5, 0.6) is 0 Å². The van der Waals surface area contributed by atoms with Crippen molar-refractivity contribution in [1.29, 1.82) is 0 Å². The lowest BCUT2D eigenvalue weighted by atomic mass is 9.96. The molecule has 0 aromatic heterocycles. The number of para-hydroxylation sites is 1. The number of hydrogen-bond donors (Lipinski definition) is 1. The monoisotopic (exact) mass is 420 g/mol. The van der Waals surface area contributed by atoms with Crippen molar-refractivity contribution in [2.75, 3.05) is 25.5 Å². The van der Waals surface area contributed by atoms with Crippen molar-refractivity contribution in [3.05, 3.63) is 63.6 Å². The first-order chi connectivity index (χ1) is 13.5. The van der Waals surface area contributed by atoms with Gasteiger partial charge in [0.15, 0.2) is 0 Å². The molecule has 1 amide bonds. The summed E-state index contributed by atoms with van der Waals surface area (Å²) in [6.45, 7) is 2.08. The third-order valence-electron chi connectivity index (χ3n) is 4.91. The zero-order valence-electron chi connectivity index (χ0n) is 15.6. The van der Waals surface area contributed by atoms with E-state index < -0.39 is 5.97 Å². The van der Waals surface area contributed by atoms with Gasteiger partial charge in [0, 0.05) is 28.7 Å². The molecule has 5 nitrogen and oxygen atoms in total. The molecule has 2 aromatic carbocycles. The number of esters is 1. The fourth-order valence-electron chi connectivity index (χ4n) is 3.44. The molecule has 3 rings (SSSR count). The summed E-state index contributed by atoms with van der Waals surface area (Å²) in [5.41, 5.74) is 1.68. The maximum atomic E-state index is 12.8. The zero-order valence-corrected chi connectivity index (χ0v) is 17.1. The Bertz CT molecular complexity index is 852. The lowest BCUT2D eigenvalue weighted by molar-refractivity contribution is -0.121. The van der Waals surface area contributed by atoms with Crippen LogP contribution in [0.1, 0.15) is 28.8 Å². The van der Waals surface area contributed by atoms with Crippen molar-refractivity contribution >= 4 is 40.8 Å². The Kier molecular flexibility index (Phi) is 6.94. The maximum absolute atomic E-state index is 12.8. The highest BCUT2D eigenvalue weighted by Crippen LogP contribution is 2.28. The highest BCUT2D eigenvalue weighted by molar-refractivity contribution is 6.35. The number of likely N-dealkylation sites (tertiary alicyclic amines) is 1. The predicted molar refractivity (Wildman–Crippen MR) is 111 cm³/mol. The molecule has 0 bridgehead atoms. The van der Waals surface area contributed by atoms with E-state index in [2.05, 4.69) is 10.2 Å². The molecule has 2 aromatic rings. The van der Waals surface area contributed by atoms with Gasteiger partial charge in [0.1, 0.15) is 0 Å². The molecule has 0 aliphatic carbocycles. The van der Waals surface area contributed by atoms with E-state index in [4.69, 9.17) is 27.9 Å². The molecule has 0 radical (unpaired) electrons. The third kappa shape index (κ3) is 4.85. The second kappa shape index (κ2) is 9.41. The highest BCUT2D eigenvalue weighted by Gasteiger charge is 2.27. The summed E-state index contributed by atoms with van der Waals surface area (Å²) in [6, 6.07) is 12.3. The molecular weight excluding hydrogens is 399 g/mol. The van der Waals surface area contributed by atoms with Gasteiger partial charge >= 0.3 is 5.97 Å². The fourth-order valence-corrected chi connectivity index (χ4v) is 3.95. The maximum Gasteiger partial charge on any atom is 0.339 e. The van der Waals surface area contributed by atoms with Crippen LogP contribution in [-0.2, 0) is 16.1 Å². The van der Waals surface area contributed by atoms with Crippen LogP contribution in [0.25, 0.3) is 0 Å². The zero-order chi connectivity index (χ0) is 20.1. The van der Waals surface area contributed by atoms with E-state index in [1.54, 1.807) is 24.3 Å². The second-order valence-corrected chi connectivity index (χ2v) is 7.62. The van der Waals surface area contributed by atoms with Crippen molar-refractivity contribution in [1.82, 2.24) is 4.90 Å². The Morgan fingerprint density at radius 1 is 1.14 bits per heavy atom. The van der Waals surface area contributed by atoms with Gasteiger partial charge in [-0.1, -0.05) is 41.4 Å². The molecular formula is C21H22Cl2N2O3. The summed E-state index contributed by atoms with van der Waals surface area (Å²) in [5.74, 6) is -0.762. The molecule has 7 heteroatoms. The number of amides is 1. The van der Waals surface area contributed by atoms with Crippen molar-refractivity contribution in [3.63, 3.8) is 0 Å². The normalized spacial score (nSPS) is 17.2. The van der Waals surface area contributed by atoms with E-state index >= 15 is 0 Å². The molecule has 28 heavy (non-hydrogen) atoms. The summed E-state index contributed by atoms with van der Waals surface area (Å²) < 4.78 is 4.79. The number of rotatable bonds is 5. The van der Waals surface area contributed by atoms with Gasteiger partial charge in [-0.3, -0.25) is 9.69 Å². The topological polar surface area (TPSA) is 58.6 Å². The van der Waals surface area contributed by atoms with Crippen LogP contribution in [0.2, 0.25) is 10.0 Å². The molecule has 1 atom stereocenters. The van der Waals surface area contributed by atoms with E-state index in [1.807, 2.05) is 18.2 Å². The largest absolute Gasteiger partial charge is 0.465 e. The molecule has 1 saturated heterocycles. The molecule has 1 heterocycles. The molecule has 148 valence electrons. The van der Waals surface area contributed by atoms with Gasteiger partial charge in [-0.25, -0.2) is 4.79 Å². The molecule has 0 saturated carbocycles. The van der Waals surface area contributed by atoms with Crippen LogP contribution in [0.3, 0.4) is 0 Å². The number of benzene rings is 2. The first kappa shape index (κ1) is 20.6. The Morgan fingerprint density at radius 2 is 1.86 bits per heavy atom. The van der Waals surface area contributed by atoms with Crippen molar-refractivity contribution in [2.24, 2.45) is 5.92 Å². The van der Waals surface area contributed by atoms with Gasteiger partial charge < -0.3 is 10.1 Å². The Morgan fingerprint density at radius 3 is 2.57 bits per heavy atom. The summed E-state index contributed by atoms with van der Waals surface area (Å²) in [7, 11) is 1.32. The number of piperidine rings is 1. The molecule has 1 aliphatic heterocycles. The van der Waals surface area contributed by atoms with Gasteiger partial charge in [-0.15, -0.1) is 0 Å². The van der Waals surface area contributed by atoms with Crippen LogP contribution in [0, 0.1) is 5.92 Å². The van der Waals surface area contributed by atoms with Gasteiger partial charge in [-0.05, 0) is 43.7 Å². The standard InChI is InChI=1S/C21H22Cl2N2O3/c1-28-21(27)15-7-2-3-10-19(15)24-20(26)14-6-5-11-25(12-14)13-16-17(22)8-4-9-18(16)23/h2-4,7-10,14H,5-6,11-13H2,1H3,(H,24,26)/t14-/m0/s1. The molecule has 1 fully saturated rings. The molecule has 0 unspecified atom stereocenters. The van der Waals surface area contributed by atoms with Crippen LogP contribution in [0.4, 0.5) is 5.69 Å². The average molecular weight is 421 g/mol. The van der Waals surface area contributed by atoms with Gasteiger partial charge in [0.25, 0.3) is 0 Å². The van der Waals surface area contributed by atoms with Crippen LogP contribution in [0.15, 0.2) is 42.5 Å². The average Bonchev–Trinajstić information content (AvgIpc) is 2.71. The number of halogens is 2. The first-order valence-electron chi connectivity index (χ1n) is 9.13. The first-order valence-corrected chi connectivity index (χ1v) is 9.88. The fraction of sp³-hybridized carbons (Fsp3) is 0.333. The summed E-state index contributed by atoms with van der Waals surface area (Å²) in [6.07, 6.45) is 1.69. The number of ether oxygens (including phenoxy) is 1. The summed E-state index contributed by atoms with van der Waals surface area (Å²) in [4.78, 5) is 26.9. The van der Waals surface area contributed by atoms with Crippen molar-refractivity contribution < 1.29 is 14.3 Å². The SMILES string of the molecule is COC(=O)c1ccccc1NC(=O)[C@H]1CCCN(Cc2c(Cl)cccc2Cl)C1. The second-order valence-electron chi connectivity index (χ2n) is 6.80. The van der Waals surface area contributed by atoms with Gasteiger partial charge in [0.2, 0.25) is 5.91 Å². The van der Waals surface area contributed by atoms with Gasteiger partial charge in [0.05, 0.1) is 24.3 Å². The molecule has 1 N–H and O–H groups in total. The smallest absolute Gasteiger partial charge is 0.339 e. The Hall–Kier alpha value is -2.08. The van der Waals surface area contributed by atoms with Crippen molar-refractivity contribution in [3.8, 4) is 0 Å². The molecule has 1 aliphatic rings. The minimum atomic E-state index is -0.477. The summed E-state index contributed by atoms with van der Waals surface area (Å²) in [5, 5.41) is 4.15. The predicted octanol–water partition coefficient (Wildman–Crippen LogP) is 4.63. The van der Waals surface area contributed by atoms with Crippen LogP contribution < -0.4 is 5.32 Å². The lowest BCUT2D eigenvalue weighted by Gasteiger charge is -2.32. The Balaban J connectivity index is 1.68. The minimum Gasteiger partial charge on any atom is -0.465 e. The number of hydrogen-bond acceptors (Lipinski definition) is 4. The van der Waals surface area contributed by atoms with E-state index in [1.165, 1.54) is 7.11 Å². The number of nitrogens with zero attached hydrogens (tertiary/aromatic N) is 1. The number of carbonyl (C=O) groups excluding carboxylic acids is 2. The number of carbonyl (C=O) groups is 2. The highest BCUT2D eigenvalue weighted by atomic mass is 35.5. The van der Waals surface area contributed by atoms with E-state index in [0.717, 1.165) is 24.9 Å². The van der Waals surface area contributed by atoms with E-state index in [0.29, 0.717) is 34.4 Å². The lowest BCUT2D eigenvalue weighted by Crippen LogP contribution is -2.40.